The molecule has 0 amide bonds. The van der Waals surface area contributed by atoms with Crippen molar-refractivity contribution in [2.75, 3.05) is 13.2 Å². The summed E-state index contributed by atoms with van der Waals surface area (Å²) in [4.78, 5) is 45.6. The second-order valence-corrected chi connectivity index (χ2v) is 13.6. The number of benzene rings is 4. The van der Waals surface area contributed by atoms with Crippen molar-refractivity contribution in [3.05, 3.63) is 122 Å². The number of hydrogen-bond donors (Lipinski definition) is 0. The maximum atomic E-state index is 12.5. The molecular formula is C31H22Br4N2O10. The molecule has 0 aliphatic heterocycles. The fourth-order valence-electron chi connectivity index (χ4n) is 4.10. The van der Waals surface area contributed by atoms with Gasteiger partial charge in [-0.2, -0.15) is 0 Å². The van der Waals surface area contributed by atoms with E-state index in [1.54, 1.807) is 0 Å². The number of nitrogens with zero attached hydrogens (tertiary/aromatic N) is 2. The zero-order valence-electron chi connectivity index (χ0n) is 24.3. The van der Waals surface area contributed by atoms with Gasteiger partial charge in [0.2, 0.25) is 0 Å². The summed E-state index contributed by atoms with van der Waals surface area (Å²) in [6.45, 7) is 3.13. The minimum Gasteiger partial charge on any atom is -0.482 e. The van der Waals surface area contributed by atoms with E-state index in [9.17, 15) is 29.8 Å². The van der Waals surface area contributed by atoms with Crippen LogP contribution >= 0.6 is 63.7 Å². The highest BCUT2D eigenvalue weighted by molar-refractivity contribution is 9.11. The lowest BCUT2D eigenvalue weighted by atomic mass is 9.78. The molecule has 47 heavy (non-hydrogen) atoms. The molecule has 0 saturated carbocycles. The summed E-state index contributed by atoms with van der Waals surface area (Å²) in [5.41, 5.74) is 0.896. The van der Waals surface area contributed by atoms with Gasteiger partial charge < -0.3 is 18.9 Å². The minimum atomic E-state index is -0.687. The quantitative estimate of drug-likeness (QED) is 0.0582. The van der Waals surface area contributed by atoms with Crippen LogP contribution in [0.1, 0.15) is 25.0 Å². The highest BCUT2D eigenvalue weighted by Crippen LogP contribution is 2.44. The number of nitro benzene ring substituents is 2. The fraction of sp³-hybridized carbons (Fsp3) is 0.161. The Hall–Kier alpha value is -3.86. The molecule has 244 valence electrons. The van der Waals surface area contributed by atoms with Crippen LogP contribution in [0.25, 0.3) is 0 Å². The molecule has 0 spiro atoms. The maximum Gasteiger partial charge on any atom is 0.349 e. The number of halogens is 4. The molecular weight excluding hydrogens is 880 g/mol. The molecule has 4 aromatic carbocycles. The molecule has 0 unspecified atom stereocenters. The summed E-state index contributed by atoms with van der Waals surface area (Å²) >= 11 is 14.0. The van der Waals surface area contributed by atoms with E-state index in [0.717, 1.165) is 11.1 Å². The molecule has 0 aliphatic carbocycles. The third-order valence-corrected chi connectivity index (χ3v) is 9.04. The zero-order valence-corrected chi connectivity index (χ0v) is 30.7. The lowest BCUT2D eigenvalue weighted by molar-refractivity contribution is -0.385. The van der Waals surface area contributed by atoms with Gasteiger partial charge in [-0.05, 0) is 123 Å². The highest BCUT2D eigenvalue weighted by Gasteiger charge is 2.28. The van der Waals surface area contributed by atoms with Crippen molar-refractivity contribution < 1.29 is 38.4 Å². The smallest absolute Gasteiger partial charge is 0.349 e. The van der Waals surface area contributed by atoms with E-state index in [1.165, 1.54) is 48.5 Å². The average Bonchev–Trinajstić information content (AvgIpc) is 3.02. The molecule has 0 N–H and O–H groups in total. The maximum absolute atomic E-state index is 12.5. The highest BCUT2D eigenvalue weighted by atomic mass is 79.9. The fourth-order valence-corrected chi connectivity index (χ4v) is 6.80. The van der Waals surface area contributed by atoms with Crippen molar-refractivity contribution in [3.8, 4) is 23.0 Å². The van der Waals surface area contributed by atoms with Gasteiger partial charge in [0.15, 0.2) is 24.7 Å². The van der Waals surface area contributed by atoms with Gasteiger partial charge in [0.25, 0.3) is 11.4 Å². The number of esters is 2. The molecule has 0 heterocycles. The van der Waals surface area contributed by atoms with Crippen molar-refractivity contribution in [2.24, 2.45) is 0 Å². The molecule has 0 saturated heterocycles. The van der Waals surface area contributed by atoms with Crippen molar-refractivity contribution in [2.45, 2.75) is 19.3 Å². The standard InChI is InChI=1S/C31H22Br4N2O10/c1-31(2,17-11-23(32)29(24(33)12-17)46-27(38)15-44-21-7-3-19(4-8-21)36(40)41)18-13-25(34)30(26(35)14-18)47-28(39)16-45-22-9-5-20(6-10-22)37(42)43/h3-14H,15-16H2,1-2H3. The van der Waals surface area contributed by atoms with Gasteiger partial charge in [0, 0.05) is 29.7 Å². The molecule has 0 atom stereocenters. The van der Waals surface area contributed by atoms with Gasteiger partial charge >= 0.3 is 11.9 Å². The number of carbonyl (C=O) groups excluding carboxylic acids is 2. The van der Waals surface area contributed by atoms with Gasteiger partial charge in [0.1, 0.15) is 11.5 Å². The molecule has 4 rings (SSSR count). The predicted octanol–water partition coefficient (Wildman–Crippen LogP) is 8.85. The SMILES string of the molecule is CC(C)(c1cc(Br)c(OC(=O)COc2ccc([N+](=O)[O-])cc2)c(Br)c1)c1cc(Br)c(OC(=O)COc2ccc([N+](=O)[O-])cc2)c(Br)c1. The third kappa shape index (κ3) is 9.15. The number of non-ortho nitro benzene ring substituents is 2. The Morgan fingerprint density at radius 3 is 1.19 bits per heavy atom. The number of nitro groups is 2. The second kappa shape index (κ2) is 15.4. The first-order chi connectivity index (χ1) is 22.1. The van der Waals surface area contributed by atoms with Crippen LogP contribution in [0.4, 0.5) is 11.4 Å². The van der Waals surface area contributed by atoms with Crippen LogP contribution in [0.2, 0.25) is 0 Å². The largest absolute Gasteiger partial charge is 0.482 e. The van der Waals surface area contributed by atoms with Gasteiger partial charge in [-0.1, -0.05) is 13.8 Å². The number of ether oxygens (including phenoxy) is 4. The normalized spacial score (nSPS) is 11.0. The van der Waals surface area contributed by atoms with Crippen LogP contribution < -0.4 is 18.9 Å². The third-order valence-electron chi connectivity index (χ3n) is 6.68. The van der Waals surface area contributed by atoms with Crippen molar-refractivity contribution in [1.29, 1.82) is 0 Å². The summed E-state index contributed by atoms with van der Waals surface area (Å²) in [6, 6.07) is 17.9. The van der Waals surface area contributed by atoms with E-state index in [0.29, 0.717) is 17.9 Å². The summed E-state index contributed by atoms with van der Waals surface area (Å²) in [6.07, 6.45) is 0. The van der Waals surface area contributed by atoms with Gasteiger partial charge in [0.05, 0.1) is 27.7 Å². The molecule has 16 heteroatoms. The van der Waals surface area contributed by atoms with Crippen LogP contribution in [0, 0.1) is 20.2 Å². The average molecular weight is 902 g/mol. The van der Waals surface area contributed by atoms with Gasteiger partial charge in [-0.3, -0.25) is 20.2 Å². The Morgan fingerprint density at radius 2 is 0.915 bits per heavy atom. The van der Waals surface area contributed by atoms with Gasteiger partial charge in [-0.25, -0.2) is 9.59 Å². The lowest BCUT2D eigenvalue weighted by Crippen LogP contribution is -2.21. The van der Waals surface area contributed by atoms with Crippen LogP contribution in [0.5, 0.6) is 23.0 Å². The topological polar surface area (TPSA) is 157 Å². The molecule has 0 radical (unpaired) electrons. The summed E-state index contributed by atoms with van der Waals surface area (Å²) in [5.74, 6) is -0.349. The monoisotopic (exact) mass is 898 g/mol. The Labute approximate surface area is 301 Å². The van der Waals surface area contributed by atoms with Crippen molar-refractivity contribution in [1.82, 2.24) is 0 Å². The lowest BCUT2D eigenvalue weighted by Gasteiger charge is -2.28. The predicted molar refractivity (Wildman–Crippen MR) is 184 cm³/mol. The first kappa shape index (κ1) is 36.0. The Balaban J connectivity index is 1.42. The first-order valence-corrected chi connectivity index (χ1v) is 16.5. The van der Waals surface area contributed by atoms with Crippen LogP contribution in [-0.4, -0.2) is 35.0 Å². The van der Waals surface area contributed by atoms with Crippen LogP contribution in [-0.2, 0) is 15.0 Å². The van der Waals surface area contributed by atoms with Crippen molar-refractivity contribution in [3.63, 3.8) is 0 Å². The molecule has 0 aliphatic rings. The second-order valence-electron chi connectivity index (χ2n) is 10.2. The summed E-state index contributed by atoms with van der Waals surface area (Å²) in [5, 5.41) is 21.6. The number of carbonyl (C=O) groups is 2. The van der Waals surface area contributed by atoms with Crippen LogP contribution in [0.15, 0.2) is 90.7 Å². The van der Waals surface area contributed by atoms with E-state index >= 15 is 0 Å². The van der Waals surface area contributed by atoms with E-state index in [2.05, 4.69) is 63.7 Å². The molecule has 0 aromatic heterocycles. The first-order valence-electron chi connectivity index (χ1n) is 13.3. The minimum absolute atomic E-state index is 0.0984. The summed E-state index contributed by atoms with van der Waals surface area (Å²) < 4.78 is 23.8. The molecule has 0 fully saturated rings. The molecule has 4 aromatic rings. The Kier molecular flexibility index (Phi) is 11.8. The summed E-state index contributed by atoms with van der Waals surface area (Å²) in [7, 11) is 0. The van der Waals surface area contributed by atoms with E-state index in [1.807, 2.05) is 38.1 Å². The Bertz CT molecular complexity index is 1670. The van der Waals surface area contributed by atoms with E-state index < -0.39 is 40.4 Å². The van der Waals surface area contributed by atoms with Gasteiger partial charge in [-0.15, -0.1) is 0 Å². The van der Waals surface area contributed by atoms with E-state index in [-0.39, 0.29) is 34.4 Å². The Morgan fingerprint density at radius 1 is 0.617 bits per heavy atom. The van der Waals surface area contributed by atoms with E-state index in [4.69, 9.17) is 18.9 Å². The zero-order chi connectivity index (χ0) is 34.5. The molecule has 0 bridgehead atoms. The van der Waals surface area contributed by atoms with Crippen LogP contribution in [0.3, 0.4) is 0 Å². The van der Waals surface area contributed by atoms with Crippen molar-refractivity contribution >= 4 is 87.0 Å². The number of rotatable bonds is 12. The number of hydrogen-bond acceptors (Lipinski definition) is 10. The molecule has 12 nitrogen and oxygen atoms in total.